The van der Waals surface area contributed by atoms with Gasteiger partial charge in [-0.1, -0.05) is 85.2 Å². The van der Waals surface area contributed by atoms with Crippen LogP contribution in [0.25, 0.3) is 0 Å². The minimum absolute atomic E-state index is 0.0174. The van der Waals surface area contributed by atoms with Crippen molar-refractivity contribution in [2.24, 2.45) is 23.7 Å². The van der Waals surface area contributed by atoms with Gasteiger partial charge in [-0.05, 0) is 49.6 Å². The molecule has 2 aliphatic heterocycles. The van der Waals surface area contributed by atoms with Crippen molar-refractivity contribution >= 4 is 35.0 Å². The number of ether oxygens (including phenoxy) is 2. The molecule has 3 N–H and O–H groups in total. The van der Waals surface area contributed by atoms with Crippen LogP contribution in [0.3, 0.4) is 0 Å². The molecule has 3 heterocycles. The Labute approximate surface area is 376 Å². The van der Waals surface area contributed by atoms with Gasteiger partial charge in [0.05, 0.1) is 48.7 Å². The summed E-state index contributed by atoms with van der Waals surface area (Å²) >= 11 is 1.51. The number of carbonyl (C=O) groups is 4. The molecular weight excluding hydrogens is 805 g/mol. The number of hydrogen-bond acceptors (Lipinski definition) is 11. The molecule has 0 saturated carbocycles. The van der Waals surface area contributed by atoms with Crippen molar-refractivity contribution in [2.45, 2.75) is 123 Å². The summed E-state index contributed by atoms with van der Waals surface area (Å²) in [5.41, 5.74) is 1.09. The molecule has 62 heavy (non-hydrogen) atoms. The molecule has 15 heteroatoms. The van der Waals surface area contributed by atoms with E-state index >= 15 is 0 Å². The van der Waals surface area contributed by atoms with Crippen LogP contribution >= 0.6 is 11.3 Å². The van der Waals surface area contributed by atoms with Crippen LogP contribution in [0, 0.1) is 23.7 Å². The molecule has 4 amide bonds. The first-order valence-corrected chi connectivity index (χ1v) is 23.8. The number of amides is 4. The number of rotatable bonds is 24. The van der Waals surface area contributed by atoms with Gasteiger partial charge in [0.2, 0.25) is 23.6 Å². The number of carbonyl (C=O) groups excluding carboxylic acids is 4. The Morgan fingerprint density at radius 3 is 2.21 bits per heavy atom. The molecule has 9 atom stereocenters. The van der Waals surface area contributed by atoms with Crippen molar-refractivity contribution < 1.29 is 28.7 Å². The van der Waals surface area contributed by atoms with Gasteiger partial charge in [0.15, 0.2) is 0 Å². The highest BCUT2D eigenvalue weighted by Gasteiger charge is 2.43. The molecule has 0 radical (unpaired) electrons. The van der Waals surface area contributed by atoms with Crippen LogP contribution in [0.5, 0.6) is 0 Å². The predicted octanol–water partition coefficient (Wildman–Crippen LogP) is 4.47. The molecule has 2 saturated heterocycles. The van der Waals surface area contributed by atoms with Crippen LogP contribution in [0.4, 0.5) is 0 Å². The number of benzene rings is 1. The topological polar surface area (TPSA) is 149 Å². The van der Waals surface area contributed by atoms with Gasteiger partial charge in [-0.3, -0.25) is 29.0 Å². The van der Waals surface area contributed by atoms with Crippen molar-refractivity contribution in [3.63, 3.8) is 0 Å². The Balaban J connectivity index is 1.46. The minimum atomic E-state index is -0.768. The lowest BCUT2D eigenvalue weighted by atomic mass is 9.89. The third-order valence-corrected chi connectivity index (χ3v) is 14.1. The van der Waals surface area contributed by atoms with Crippen molar-refractivity contribution in [1.29, 1.82) is 0 Å². The SMILES string of the molecule is CC[C@H](C)[C@@H]([C@@H](CC(=O)N1CCCC1[C@H](OC)[C@@H](C)C(=O)N[C@@H](Cc1ccccc1)c1nccs1)OC)N(C)C(=O)[C@@H](NC(=O)[C@H](C(C)C)N(C)CCN1CCNCC1)C(C)C. The first-order chi connectivity index (χ1) is 29.6. The van der Waals surface area contributed by atoms with Gasteiger partial charge >= 0.3 is 0 Å². The highest BCUT2D eigenvalue weighted by atomic mass is 32.1. The molecule has 4 rings (SSSR count). The first-order valence-electron chi connectivity index (χ1n) is 22.9. The summed E-state index contributed by atoms with van der Waals surface area (Å²) in [6, 6.07) is 7.80. The van der Waals surface area contributed by atoms with E-state index in [1.807, 2.05) is 82.3 Å². The molecule has 2 aromatic rings. The van der Waals surface area contributed by atoms with Gasteiger partial charge < -0.3 is 35.2 Å². The average Bonchev–Trinajstić information content (AvgIpc) is 3.99. The zero-order valence-electron chi connectivity index (χ0n) is 39.5. The molecule has 1 aromatic heterocycles. The number of thiazole rings is 1. The maximum absolute atomic E-state index is 14.6. The predicted molar refractivity (Wildman–Crippen MR) is 247 cm³/mol. The van der Waals surface area contributed by atoms with Crippen molar-refractivity contribution in [2.75, 3.05) is 74.1 Å². The van der Waals surface area contributed by atoms with Crippen LogP contribution in [-0.2, 0) is 35.1 Å². The molecule has 2 aliphatic rings. The van der Waals surface area contributed by atoms with E-state index in [2.05, 4.69) is 44.6 Å². The molecule has 0 aliphatic carbocycles. The fraction of sp³-hybridized carbons (Fsp3) is 0.723. The Hall–Kier alpha value is -3.47. The summed E-state index contributed by atoms with van der Waals surface area (Å²) in [5, 5.41) is 12.5. The molecule has 0 bridgehead atoms. The van der Waals surface area contributed by atoms with Crippen LogP contribution in [0.15, 0.2) is 41.9 Å². The lowest BCUT2D eigenvalue weighted by Crippen LogP contribution is -2.60. The third kappa shape index (κ3) is 13.8. The summed E-state index contributed by atoms with van der Waals surface area (Å²) < 4.78 is 12.2. The van der Waals surface area contributed by atoms with E-state index in [4.69, 9.17) is 9.47 Å². The van der Waals surface area contributed by atoms with Crippen molar-refractivity contribution in [1.82, 2.24) is 40.5 Å². The van der Waals surface area contributed by atoms with Crippen LogP contribution in [-0.4, -0.2) is 159 Å². The van der Waals surface area contributed by atoms with Crippen molar-refractivity contribution in [3.05, 3.63) is 52.5 Å². The minimum Gasteiger partial charge on any atom is -0.379 e. The Morgan fingerprint density at radius 2 is 1.63 bits per heavy atom. The monoisotopic (exact) mass is 883 g/mol. The van der Waals surface area contributed by atoms with Gasteiger partial charge in [0, 0.05) is 78.7 Å². The van der Waals surface area contributed by atoms with Gasteiger partial charge in [0.1, 0.15) is 11.0 Å². The molecule has 14 nitrogen and oxygen atoms in total. The quantitative estimate of drug-likeness (QED) is 0.138. The summed E-state index contributed by atoms with van der Waals surface area (Å²) in [6.07, 6.45) is 3.47. The number of likely N-dealkylation sites (tertiary alicyclic amines) is 1. The number of nitrogens with zero attached hydrogens (tertiary/aromatic N) is 5. The Kier molecular flexibility index (Phi) is 20.7. The second-order valence-corrected chi connectivity index (χ2v) is 19.1. The highest BCUT2D eigenvalue weighted by molar-refractivity contribution is 7.09. The van der Waals surface area contributed by atoms with Gasteiger partial charge in [0.25, 0.3) is 0 Å². The number of piperazine rings is 1. The van der Waals surface area contributed by atoms with E-state index < -0.39 is 36.3 Å². The van der Waals surface area contributed by atoms with Crippen LogP contribution in [0.1, 0.15) is 90.8 Å². The highest BCUT2D eigenvalue weighted by Crippen LogP contribution is 2.31. The number of methoxy groups -OCH3 is 2. The molecule has 348 valence electrons. The molecule has 1 unspecified atom stereocenters. The maximum atomic E-state index is 14.6. The van der Waals surface area contributed by atoms with E-state index in [0.29, 0.717) is 19.4 Å². The number of likely N-dealkylation sites (N-methyl/N-ethyl adjacent to an activating group) is 2. The average molecular weight is 883 g/mol. The normalized spacial score (nSPS) is 20.0. The third-order valence-electron chi connectivity index (χ3n) is 13.2. The molecule has 1 aromatic carbocycles. The lowest BCUT2D eigenvalue weighted by Gasteiger charge is -2.41. The van der Waals surface area contributed by atoms with Crippen LogP contribution < -0.4 is 16.0 Å². The second-order valence-electron chi connectivity index (χ2n) is 18.2. The standard InChI is InChI=1S/C47H78N8O6S/c1-12-33(6)42(53(9)47(59)40(31(2)3)51-45(58)41(32(4)5)52(8)26-27-54-24-20-48-21-25-54)38(60-10)30-39(56)55-23-16-19-37(55)43(61-11)34(7)44(57)50-36(46-49-22-28-62-46)29-35-17-14-13-15-18-35/h13-15,17-18,22,28,31-34,36-38,40-43,48H,12,16,19-21,23-27,29-30H2,1-11H3,(H,50,57)(H,51,58)/t33-,34+,36-,37?,38+,40-,41-,42-,43+/m0/s1. The smallest absolute Gasteiger partial charge is 0.245 e. The number of aromatic nitrogens is 1. The van der Waals surface area contributed by atoms with E-state index in [9.17, 15) is 19.2 Å². The van der Waals surface area contributed by atoms with Gasteiger partial charge in [-0.15, -0.1) is 11.3 Å². The molecule has 0 spiro atoms. The molecular formula is C47H78N8O6S. The maximum Gasteiger partial charge on any atom is 0.245 e. The van der Waals surface area contributed by atoms with Crippen molar-refractivity contribution in [3.8, 4) is 0 Å². The number of nitrogens with one attached hydrogen (secondary N) is 3. The van der Waals surface area contributed by atoms with Crippen LogP contribution in [0.2, 0.25) is 0 Å². The summed E-state index contributed by atoms with van der Waals surface area (Å²) in [4.78, 5) is 69.7. The van der Waals surface area contributed by atoms with E-state index in [1.165, 1.54) is 11.3 Å². The van der Waals surface area contributed by atoms with Gasteiger partial charge in [-0.2, -0.15) is 0 Å². The largest absolute Gasteiger partial charge is 0.379 e. The first kappa shape index (κ1) is 51.2. The number of hydrogen-bond donors (Lipinski definition) is 3. The summed E-state index contributed by atoms with van der Waals surface area (Å²) in [7, 11) is 6.96. The summed E-state index contributed by atoms with van der Waals surface area (Å²) in [5.74, 6) is -1.36. The lowest BCUT2D eigenvalue weighted by molar-refractivity contribution is -0.148. The van der Waals surface area contributed by atoms with E-state index in [0.717, 1.165) is 62.7 Å². The zero-order valence-corrected chi connectivity index (χ0v) is 40.3. The molecule has 2 fully saturated rings. The fourth-order valence-electron chi connectivity index (χ4n) is 9.42. The Bertz CT molecular complexity index is 1660. The van der Waals surface area contributed by atoms with E-state index in [1.54, 1.807) is 32.4 Å². The summed E-state index contributed by atoms with van der Waals surface area (Å²) in [6.45, 7) is 20.1. The van der Waals surface area contributed by atoms with E-state index in [-0.39, 0.29) is 59.9 Å². The Morgan fingerprint density at radius 1 is 0.935 bits per heavy atom. The second kappa shape index (κ2) is 25.1. The van der Waals surface area contributed by atoms with Gasteiger partial charge in [-0.25, -0.2) is 4.98 Å². The zero-order chi connectivity index (χ0) is 45.5. The fourth-order valence-corrected chi connectivity index (χ4v) is 10.1.